The number of benzene rings is 2. The summed E-state index contributed by atoms with van der Waals surface area (Å²) in [5.74, 6) is -0.134. The van der Waals surface area contributed by atoms with E-state index in [9.17, 15) is 14.4 Å². The highest BCUT2D eigenvalue weighted by Crippen LogP contribution is 2.34. The van der Waals surface area contributed by atoms with Crippen LogP contribution in [-0.4, -0.2) is 35.2 Å². The molecular weight excluding hydrogens is 366 g/mol. The second-order valence-electron chi connectivity index (χ2n) is 7.75. The second kappa shape index (κ2) is 8.07. The van der Waals surface area contributed by atoms with E-state index in [0.717, 1.165) is 24.8 Å². The molecule has 1 aliphatic carbocycles. The van der Waals surface area contributed by atoms with E-state index in [1.165, 1.54) is 0 Å². The molecule has 150 valence electrons. The first-order valence-corrected chi connectivity index (χ1v) is 10.1. The minimum absolute atomic E-state index is 0.113. The van der Waals surface area contributed by atoms with E-state index in [-0.39, 0.29) is 23.6 Å². The Balaban J connectivity index is 1.46. The van der Waals surface area contributed by atoms with Crippen LogP contribution >= 0.6 is 0 Å². The van der Waals surface area contributed by atoms with Crippen LogP contribution in [0.2, 0.25) is 0 Å². The first-order chi connectivity index (χ1) is 14.0. The van der Waals surface area contributed by atoms with Gasteiger partial charge in [0.2, 0.25) is 11.8 Å². The Labute approximate surface area is 170 Å². The summed E-state index contributed by atoms with van der Waals surface area (Å²) in [4.78, 5) is 39.5. The highest BCUT2D eigenvalue weighted by molar-refractivity contribution is 6.05. The van der Waals surface area contributed by atoms with Crippen LogP contribution in [0.5, 0.6) is 0 Å². The summed E-state index contributed by atoms with van der Waals surface area (Å²) in [6.45, 7) is 2.51. The summed E-state index contributed by atoms with van der Waals surface area (Å²) in [5.41, 5.74) is 2.64. The van der Waals surface area contributed by atoms with Crippen LogP contribution in [0.4, 0.5) is 11.4 Å². The van der Waals surface area contributed by atoms with Gasteiger partial charge in [-0.15, -0.1) is 0 Å². The predicted molar refractivity (Wildman–Crippen MR) is 112 cm³/mol. The third-order valence-electron chi connectivity index (χ3n) is 5.64. The maximum atomic E-state index is 12.9. The van der Waals surface area contributed by atoms with Gasteiger partial charge in [-0.2, -0.15) is 0 Å². The molecule has 6 nitrogen and oxygen atoms in total. The number of hydrogen-bond acceptors (Lipinski definition) is 3. The molecule has 0 aromatic heterocycles. The molecule has 1 aliphatic heterocycles. The molecule has 29 heavy (non-hydrogen) atoms. The summed E-state index contributed by atoms with van der Waals surface area (Å²) < 4.78 is 0. The van der Waals surface area contributed by atoms with E-state index in [1.54, 1.807) is 23.1 Å². The standard InChI is InChI=1S/C23H25N3O3/c1-15-18(24-21(27)16-7-3-2-4-8-16)9-5-10-19(15)25-22(28)20-11-6-14-26(20)23(29)17-12-13-17/h2-5,7-10,17,20H,6,11-14H2,1H3,(H,24,27)(H,25,28). The van der Waals surface area contributed by atoms with Gasteiger partial charge in [0.1, 0.15) is 6.04 Å². The first-order valence-electron chi connectivity index (χ1n) is 10.1. The van der Waals surface area contributed by atoms with Crippen LogP contribution in [0.3, 0.4) is 0 Å². The smallest absolute Gasteiger partial charge is 0.255 e. The summed E-state index contributed by atoms with van der Waals surface area (Å²) in [7, 11) is 0. The van der Waals surface area contributed by atoms with Crippen molar-refractivity contribution in [1.82, 2.24) is 4.90 Å². The lowest BCUT2D eigenvalue weighted by Gasteiger charge is -2.24. The third-order valence-corrected chi connectivity index (χ3v) is 5.64. The van der Waals surface area contributed by atoms with Gasteiger partial charge in [-0.1, -0.05) is 24.3 Å². The fourth-order valence-electron chi connectivity index (χ4n) is 3.77. The maximum Gasteiger partial charge on any atom is 0.255 e. The van der Waals surface area contributed by atoms with E-state index >= 15 is 0 Å². The topological polar surface area (TPSA) is 78.5 Å². The van der Waals surface area contributed by atoms with E-state index in [1.807, 2.05) is 37.3 Å². The van der Waals surface area contributed by atoms with Crippen molar-refractivity contribution in [3.05, 3.63) is 59.7 Å². The lowest BCUT2D eigenvalue weighted by Crippen LogP contribution is -2.43. The van der Waals surface area contributed by atoms with Crippen LogP contribution in [0.1, 0.15) is 41.6 Å². The largest absolute Gasteiger partial charge is 0.330 e. The lowest BCUT2D eigenvalue weighted by molar-refractivity contribution is -0.137. The van der Waals surface area contributed by atoms with E-state index in [2.05, 4.69) is 10.6 Å². The SMILES string of the molecule is Cc1c(NC(=O)c2ccccc2)cccc1NC(=O)C1CCCN1C(=O)C1CC1. The Morgan fingerprint density at radius 2 is 1.59 bits per heavy atom. The molecule has 2 aromatic carbocycles. The fourth-order valence-corrected chi connectivity index (χ4v) is 3.77. The number of nitrogens with zero attached hydrogens (tertiary/aromatic N) is 1. The number of carbonyl (C=O) groups excluding carboxylic acids is 3. The van der Waals surface area contributed by atoms with Gasteiger partial charge < -0.3 is 15.5 Å². The van der Waals surface area contributed by atoms with Gasteiger partial charge in [0.05, 0.1) is 0 Å². The van der Waals surface area contributed by atoms with Crippen molar-refractivity contribution >= 4 is 29.1 Å². The van der Waals surface area contributed by atoms with Crippen molar-refractivity contribution in [3.8, 4) is 0 Å². The van der Waals surface area contributed by atoms with Crippen LogP contribution in [0.15, 0.2) is 48.5 Å². The quantitative estimate of drug-likeness (QED) is 0.818. The van der Waals surface area contributed by atoms with Gasteiger partial charge >= 0.3 is 0 Å². The molecule has 2 N–H and O–H groups in total. The van der Waals surface area contributed by atoms with Gasteiger partial charge in [0.25, 0.3) is 5.91 Å². The number of amides is 3. The second-order valence-corrected chi connectivity index (χ2v) is 7.75. The van der Waals surface area contributed by atoms with Crippen molar-refractivity contribution in [2.24, 2.45) is 5.92 Å². The van der Waals surface area contributed by atoms with E-state index < -0.39 is 6.04 Å². The summed E-state index contributed by atoms with van der Waals surface area (Å²) >= 11 is 0. The zero-order valence-electron chi connectivity index (χ0n) is 16.5. The Morgan fingerprint density at radius 3 is 2.28 bits per heavy atom. The minimum Gasteiger partial charge on any atom is -0.330 e. The molecule has 2 aromatic rings. The molecule has 1 unspecified atom stereocenters. The number of rotatable bonds is 5. The molecule has 1 saturated heterocycles. The van der Waals surface area contributed by atoms with Gasteiger partial charge in [-0.3, -0.25) is 14.4 Å². The first kappa shape index (κ1) is 19.2. The summed E-state index contributed by atoms with van der Waals surface area (Å²) in [6, 6.07) is 14.0. The summed E-state index contributed by atoms with van der Waals surface area (Å²) in [6.07, 6.45) is 3.41. The van der Waals surface area contributed by atoms with Crippen molar-refractivity contribution in [2.75, 3.05) is 17.2 Å². The van der Waals surface area contributed by atoms with E-state index in [0.29, 0.717) is 29.9 Å². The number of anilines is 2. The molecule has 1 heterocycles. The van der Waals surface area contributed by atoms with Gasteiger partial charge in [0.15, 0.2) is 0 Å². The molecule has 2 aliphatic rings. The zero-order valence-corrected chi connectivity index (χ0v) is 16.5. The highest BCUT2D eigenvalue weighted by Gasteiger charge is 2.40. The molecule has 1 saturated carbocycles. The monoisotopic (exact) mass is 391 g/mol. The van der Waals surface area contributed by atoms with Gasteiger partial charge in [0, 0.05) is 29.4 Å². The zero-order chi connectivity index (χ0) is 20.4. The highest BCUT2D eigenvalue weighted by atomic mass is 16.2. The fraction of sp³-hybridized carbons (Fsp3) is 0.348. The number of carbonyl (C=O) groups is 3. The normalized spacial score (nSPS) is 18.4. The summed E-state index contributed by atoms with van der Waals surface area (Å²) in [5, 5.41) is 5.87. The van der Waals surface area contributed by atoms with Crippen LogP contribution in [0.25, 0.3) is 0 Å². The Morgan fingerprint density at radius 1 is 0.897 bits per heavy atom. The minimum atomic E-state index is -0.412. The number of nitrogens with one attached hydrogen (secondary N) is 2. The van der Waals surface area contributed by atoms with E-state index in [4.69, 9.17) is 0 Å². The molecule has 0 radical (unpaired) electrons. The molecule has 2 fully saturated rings. The third kappa shape index (κ3) is 4.16. The Kier molecular flexibility index (Phi) is 5.34. The molecule has 4 rings (SSSR count). The van der Waals surface area contributed by atoms with Crippen LogP contribution in [0, 0.1) is 12.8 Å². The molecule has 1 atom stereocenters. The van der Waals surface area contributed by atoms with Crippen molar-refractivity contribution < 1.29 is 14.4 Å². The van der Waals surface area contributed by atoms with Crippen LogP contribution in [-0.2, 0) is 9.59 Å². The number of hydrogen-bond donors (Lipinski definition) is 2. The predicted octanol–water partition coefficient (Wildman–Crippen LogP) is 3.59. The van der Waals surface area contributed by atoms with Crippen LogP contribution < -0.4 is 10.6 Å². The van der Waals surface area contributed by atoms with Gasteiger partial charge in [-0.25, -0.2) is 0 Å². The molecular formula is C23H25N3O3. The molecule has 3 amide bonds. The lowest BCUT2D eigenvalue weighted by atomic mass is 10.1. The maximum absolute atomic E-state index is 12.9. The Bertz CT molecular complexity index is 938. The van der Waals surface area contributed by atoms with Crippen molar-refractivity contribution in [1.29, 1.82) is 0 Å². The van der Waals surface area contributed by atoms with Crippen molar-refractivity contribution in [2.45, 2.75) is 38.6 Å². The Hall–Kier alpha value is -3.15. The molecule has 0 bridgehead atoms. The molecule has 0 spiro atoms. The average Bonchev–Trinajstić information content (AvgIpc) is 3.47. The number of likely N-dealkylation sites (tertiary alicyclic amines) is 1. The van der Waals surface area contributed by atoms with Gasteiger partial charge in [-0.05, 0) is 62.4 Å². The molecule has 6 heteroatoms. The average molecular weight is 391 g/mol. The van der Waals surface area contributed by atoms with Crippen molar-refractivity contribution in [3.63, 3.8) is 0 Å².